The van der Waals surface area contributed by atoms with Crippen molar-refractivity contribution in [3.8, 4) is 5.75 Å². The van der Waals surface area contributed by atoms with E-state index in [4.69, 9.17) is 0 Å². The number of rotatable bonds is 5. The molecule has 0 aliphatic carbocycles. The number of amides is 1. The van der Waals surface area contributed by atoms with Gasteiger partial charge in [-0.2, -0.15) is 0 Å². The van der Waals surface area contributed by atoms with Crippen LogP contribution in [0.5, 0.6) is 5.75 Å². The lowest BCUT2D eigenvalue weighted by Crippen LogP contribution is -2.25. The molecule has 1 amide bonds. The van der Waals surface area contributed by atoms with Crippen molar-refractivity contribution in [1.82, 2.24) is 14.9 Å². The van der Waals surface area contributed by atoms with Crippen LogP contribution in [0.2, 0.25) is 0 Å². The molecule has 3 aromatic rings. The number of carbonyl (C=O) groups is 1. The summed E-state index contributed by atoms with van der Waals surface area (Å²) < 4.78 is 2.89. The van der Waals surface area contributed by atoms with Crippen molar-refractivity contribution in [3.63, 3.8) is 0 Å². The van der Waals surface area contributed by atoms with Gasteiger partial charge in [0.1, 0.15) is 11.6 Å². The Morgan fingerprint density at radius 1 is 1.29 bits per heavy atom. The molecule has 0 atom stereocenters. The number of carbonyl (C=O) groups excluding carboxylic acids is 1. The Labute approximate surface area is 148 Å². The molecule has 0 unspecified atom stereocenters. The minimum absolute atomic E-state index is 0.0293. The minimum atomic E-state index is -0.271. The van der Waals surface area contributed by atoms with Crippen molar-refractivity contribution in [2.75, 3.05) is 6.54 Å². The Kier molecular flexibility index (Phi) is 4.85. The lowest BCUT2D eigenvalue weighted by molar-refractivity contribution is 0.0950. The number of hydrogen-bond donors (Lipinski definition) is 2. The normalized spacial score (nSPS) is 10.9. The first-order chi connectivity index (χ1) is 11.6. The first-order valence-corrected chi connectivity index (χ1v) is 8.54. The summed E-state index contributed by atoms with van der Waals surface area (Å²) in [6.45, 7) is 3.29. The molecule has 24 heavy (non-hydrogen) atoms. The Bertz CT molecular complexity index is 889. The number of halogens is 1. The van der Waals surface area contributed by atoms with Crippen LogP contribution in [-0.2, 0) is 6.54 Å². The summed E-state index contributed by atoms with van der Waals surface area (Å²) >= 11 is 3.26. The van der Waals surface area contributed by atoms with Crippen LogP contribution in [-0.4, -0.2) is 27.1 Å². The molecule has 0 saturated carbocycles. The first kappa shape index (κ1) is 16.5. The van der Waals surface area contributed by atoms with Crippen molar-refractivity contribution < 1.29 is 9.90 Å². The van der Waals surface area contributed by atoms with Crippen molar-refractivity contribution in [3.05, 3.63) is 58.3 Å². The van der Waals surface area contributed by atoms with Gasteiger partial charge in [-0.3, -0.25) is 4.79 Å². The molecule has 0 aliphatic rings. The Hall–Kier alpha value is -2.34. The number of nitrogens with zero attached hydrogens (tertiary/aromatic N) is 2. The van der Waals surface area contributed by atoms with Crippen LogP contribution in [0.4, 0.5) is 0 Å². The summed E-state index contributed by atoms with van der Waals surface area (Å²) in [5, 5.41) is 12.7. The summed E-state index contributed by atoms with van der Waals surface area (Å²) in [6, 6.07) is 12.9. The zero-order chi connectivity index (χ0) is 17.1. The molecule has 0 aliphatic heterocycles. The zero-order valence-corrected chi connectivity index (χ0v) is 14.9. The van der Waals surface area contributed by atoms with Gasteiger partial charge in [0.05, 0.1) is 16.6 Å². The Balaban J connectivity index is 1.58. The van der Waals surface area contributed by atoms with Gasteiger partial charge < -0.3 is 15.0 Å². The molecule has 1 heterocycles. The second kappa shape index (κ2) is 7.05. The average Bonchev–Trinajstić information content (AvgIpc) is 2.87. The van der Waals surface area contributed by atoms with Crippen molar-refractivity contribution in [1.29, 1.82) is 0 Å². The lowest BCUT2D eigenvalue weighted by Gasteiger charge is -2.09. The van der Waals surface area contributed by atoms with Crippen LogP contribution in [0.1, 0.15) is 22.6 Å². The van der Waals surface area contributed by atoms with Gasteiger partial charge in [-0.1, -0.05) is 28.1 Å². The monoisotopic (exact) mass is 387 g/mol. The van der Waals surface area contributed by atoms with Gasteiger partial charge in [-0.05, 0) is 43.7 Å². The highest BCUT2D eigenvalue weighted by molar-refractivity contribution is 9.10. The van der Waals surface area contributed by atoms with Gasteiger partial charge in [0.2, 0.25) is 0 Å². The molecule has 124 valence electrons. The molecule has 2 aromatic carbocycles. The maximum atomic E-state index is 12.1. The summed E-state index contributed by atoms with van der Waals surface area (Å²) in [7, 11) is 0. The van der Waals surface area contributed by atoms with Gasteiger partial charge in [-0.25, -0.2) is 4.98 Å². The van der Waals surface area contributed by atoms with Gasteiger partial charge in [-0.15, -0.1) is 0 Å². The van der Waals surface area contributed by atoms with E-state index in [0.717, 1.165) is 34.3 Å². The van der Waals surface area contributed by atoms with Gasteiger partial charge in [0, 0.05) is 17.6 Å². The molecule has 0 fully saturated rings. The van der Waals surface area contributed by atoms with Crippen molar-refractivity contribution >= 4 is 32.9 Å². The second-order valence-corrected chi connectivity index (χ2v) is 6.49. The number of fused-ring (bicyclic) bond motifs is 1. The van der Waals surface area contributed by atoms with Gasteiger partial charge in [0.15, 0.2) is 0 Å². The number of para-hydroxylation sites is 2. The third-order valence-electron chi connectivity index (χ3n) is 3.89. The van der Waals surface area contributed by atoms with E-state index in [0.29, 0.717) is 6.54 Å². The standard InChI is InChI=1S/C18H18BrN3O2/c1-12-21-15-5-2-3-6-16(15)22(12)10-4-9-20-18(24)14-8-7-13(19)11-17(14)23/h2-3,5-8,11,23H,4,9-10H2,1H3,(H,20,24). The van der Waals surface area contributed by atoms with Crippen LogP contribution in [0, 0.1) is 6.92 Å². The number of benzene rings is 2. The molecule has 5 nitrogen and oxygen atoms in total. The SMILES string of the molecule is Cc1nc2ccccc2n1CCCNC(=O)c1ccc(Br)cc1O. The van der Waals surface area contributed by atoms with Crippen LogP contribution in [0.15, 0.2) is 46.9 Å². The highest BCUT2D eigenvalue weighted by Gasteiger charge is 2.11. The predicted octanol–water partition coefficient (Wildman–Crippen LogP) is 3.63. The largest absolute Gasteiger partial charge is 0.507 e. The van der Waals surface area contributed by atoms with Gasteiger partial charge >= 0.3 is 0 Å². The molecule has 0 bridgehead atoms. The number of nitrogens with one attached hydrogen (secondary N) is 1. The summed E-state index contributed by atoms with van der Waals surface area (Å²) in [5.74, 6) is 0.665. The fourth-order valence-electron chi connectivity index (χ4n) is 2.71. The van der Waals surface area contributed by atoms with E-state index in [1.807, 2.05) is 31.2 Å². The molecule has 0 radical (unpaired) electrons. The number of phenolic OH excluding ortho intramolecular Hbond substituents is 1. The zero-order valence-electron chi connectivity index (χ0n) is 13.3. The quantitative estimate of drug-likeness (QED) is 0.656. The van der Waals surface area contributed by atoms with E-state index in [9.17, 15) is 9.90 Å². The number of aryl methyl sites for hydroxylation is 2. The van der Waals surface area contributed by atoms with Crippen LogP contribution < -0.4 is 5.32 Å². The summed E-state index contributed by atoms with van der Waals surface area (Å²) in [6.07, 6.45) is 0.782. The highest BCUT2D eigenvalue weighted by atomic mass is 79.9. The molecule has 0 saturated heterocycles. The van der Waals surface area contributed by atoms with E-state index >= 15 is 0 Å². The maximum absolute atomic E-state index is 12.1. The van der Waals surface area contributed by atoms with Crippen molar-refractivity contribution in [2.24, 2.45) is 0 Å². The van der Waals surface area contributed by atoms with Crippen LogP contribution in [0.25, 0.3) is 11.0 Å². The third kappa shape index (κ3) is 3.43. The lowest BCUT2D eigenvalue weighted by atomic mass is 10.2. The molecular weight excluding hydrogens is 370 g/mol. The molecule has 1 aromatic heterocycles. The fraction of sp³-hybridized carbons (Fsp3) is 0.222. The maximum Gasteiger partial charge on any atom is 0.255 e. The Morgan fingerprint density at radius 3 is 2.88 bits per heavy atom. The number of aromatic hydroxyl groups is 1. The molecule has 2 N–H and O–H groups in total. The van der Waals surface area contributed by atoms with E-state index in [-0.39, 0.29) is 17.2 Å². The van der Waals surface area contributed by atoms with E-state index in [1.54, 1.807) is 12.1 Å². The van der Waals surface area contributed by atoms with Crippen LogP contribution >= 0.6 is 15.9 Å². The third-order valence-corrected chi connectivity index (χ3v) is 4.39. The topological polar surface area (TPSA) is 67.2 Å². The minimum Gasteiger partial charge on any atom is -0.507 e. The summed E-state index contributed by atoms with van der Waals surface area (Å²) in [4.78, 5) is 16.6. The number of hydrogen-bond acceptors (Lipinski definition) is 3. The fourth-order valence-corrected chi connectivity index (χ4v) is 3.06. The highest BCUT2D eigenvalue weighted by Crippen LogP contribution is 2.22. The van der Waals surface area contributed by atoms with E-state index in [2.05, 4.69) is 30.8 Å². The first-order valence-electron chi connectivity index (χ1n) is 7.75. The smallest absolute Gasteiger partial charge is 0.255 e. The number of phenols is 1. The number of imidazole rings is 1. The predicted molar refractivity (Wildman–Crippen MR) is 97.2 cm³/mol. The number of aromatic nitrogens is 2. The second-order valence-electron chi connectivity index (χ2n) is 5.57. The Morgan fingerprint density at radius 2 is 2.08 bits per heavy atom. The molecule has 6 heteroatoms. The summed E-state index contributed by atoms with van der Waals surface area (Å²) in [5.41, 5.74) is 2.37. The van der Waals surface area contributed by atoms with Gasteiger partial charge in [0.25, 0.3) is 5.91 Å². The van der Waals surface area contributed by atoms with Crippen molar-refractivity contribution in [2.45, 2.75) is 19.9 Å². The molecular formula is C18H18BrN3O2. The van der Waals surface area contributed by atoms with E-state index < -0.39 is 0 Å². The average molecular weight is 388 g/mol. The van der Waals surface area contributed by atoms with Crippen LogP contribution in [0.3, 0.4) is 0 Å². The van der Waals surface area contributed by atoms with E-state index in [1.165, 1.54) is 6.07 Å². The molecule has 3 rings (SSSR count). The molecule has 0 spiro atoms.